The van der Waals surface area contributed by atoms with Crippen LogP contribution in [0.1, 0.15) is 32.3 Å². The molecule has 1 saturated heterocycles. The Kier molecular flexibility index (Phi) is 5.40. The third kappa shape index (κ3) is 4.32. The van der Waals surface area contributed by atoms with E-state index in [-0.39, 0.29) is 0 Å². The molecule has 0 aromatic carbocycles. The van der Waals surface area contributed by atoms with Gasteiger partial charge in [-0.3, -0.25) is 4.68 Å². The van der Waals surface area contributed by atoms with Gasteiger partial charge in [0, 0.05) is 19.3 Å². The summed E-state index contributed by atoms with van der Waals surface area (Å²) < 4.78 is 1.87. The number of aryl methyl sites for hydroxylation is 1. The van der Waals surface area contributed by atoms with Gasteiger partial charge < -0.3 is 10.2 Å². The Morgan fingerprint density at radius 1 is 1.42 bits per heavy atom. The van der Waals surface area contributed by atoms with Crippen molar-refractivity contribution >= 4 is 0 Å². The maximum absolute atomic E-state index is 4.21. The lowest BCUT2D eigenvalue weighted by molar-refractivity contribution is 0.169. The summed E-state index contributed by atoms with van der Waals surface area (Å²) in [5.74, 6) is 0.844. The highest BCUT2D eigenvalue weighted by Crippen LogP contribution is 2.20. The highest BCUT2D eigenvalue weighted by atomic mass is 15.2. The van der Waals surface area contributed by atoms with Crippen LogP contribution in [0.4, 0.5) is 0 Å². The molecule has 0 aliphatic carbocycles. The maximum Gasteiger partial charge on any atom is 0.0522 e. The van der Waals surface area contributed by atoms with Gasteiger partial charge in [-0.2, -0.15) is 5.10 Å². The van der Waals surface area contributed by atoms with E-state index in [2.05, 4.69) is 35.4 Å². The minimum atomic E-state index is 0.635. The summed E-state index contributed by atoms with van der Waals surface area (Å²) in [4.78, 5) is 2.55. The molecular formula is C15H28N4. The molecular weight excluding hydrogens is 236 g/mol. The number of hydrogen-bond donors (Lipinski definition) is 1. The standard InChI is InChI=1S/C15H28N4/c1-4-19-9-6-15(7-10-19)13(2)16-8-5-14-11-17-18(3)12-14/h11-13,15-16H,4-10H2,1-3H3. The van der Waals surface area contributed by atoms with Gasteiger partial charge in [-0.1, -0.05) is 6.92 Å². The topological polar surface area (TPSA) is 33.1 Å². The van der Waals surface area contributed by atoms with Crippen molar-refractivity contribution in [2.24, 2.45) is 13.0 Å². The van der Waals surface area contributed by atoms with Gasteiger partial charge in [-0.15, -0.1) is 0 Å². The number of rotatable bonds is 6. The van der Waals surface area contributed by atoms with Crippen molar-refractivity contribution in [1.29, 1.82) is 0 Å². The van der Waals surface area contributed by atoms with Gasteiger partial charge in [0.1, 0.15) is 0 Å². The maximum atomic E-state index is 4.21. The first-order chi connectivity index (χ1) is 9.19. The van der Waals surface area contributed by atoms with Crippen LogP contribution in [0.3, 0.4) is 0 Å². The predicted molar refractivity (Wildman–Crippen MR) is 79.2 cm³/mol. The molecule has 0 spiro atoms. The first-order valence-corrected chi connectivity index (χ1v) is 7.62. The fourth-order valence-corrected chi connectivity index (χ4v) is 2.98. The lowest BCUT2D eigenvalue weighted by Crippen LogP contribution is -2.42. The average molecular weight is 264 g/mol. The Morgan fingerprint density at radius 3 is 2.74 bits per heavy atom. The molecule has 4 heteroatoms. The molecule has 2 rings (SSSR count). The van der Waals surface area contributed by atoms with Crippen LogP contribution < -0.4 is 5.32 Å². The number of piperidine rings is 1. The minimum absolute atomic E-state index is 0.635. The van der Waals surface area contributed by atoms with Gasteiger partial charge >= 0.3 is 0 Å². The van der Waals surface area contributed by atoms with Crippen molar-refractivity contribution in [3.63, 3.8) is 0 Å². The van der Waals surface area contributed by atoms with E-state index in [0.29, 0.717) is 6.04 Å². The molecule has 108 valence electrons. The summed E-state index contributed by atoms with van der Waals surface area (Å²) in [6, 6.07) is 0.635. The summed E-state index contributed by atoms with van der Waals surface area (Å²) in [7, 11) is 1.97. The van der Waals surface area contributed by atoms with Crippen LogP contribution in [0.2, 0.25) is 0 Å². The highest BCUT2D eigenvalue weighted by molar-refractivity contribution is 5.03. The average Bonchev–Trinajstić information content (AvgIpc) is 2.84. The van der Waals surface area contributed by atoms with E-state index in [0.717, 1.165) is 18.9 Å². The molecule has 0 saturated carbocycles. The predicted octanol–water partition coefficient (Wildman–Crippen LogP) is 1.67. The molecule has 1 aromatic rings. The summed E-state index contributed by atoms with van der Waals surface area (Å²) in [6.07, 6.45) is 7.83. The second kappa shape index (κ2) is 7.06. The fourth-order valence-electron chi connectivity index (χ4n) is 2.98. The second-order valence-corrected chi connectivity index (χ2v) is 5.79. The largest absolute Gasteiger partial charge is 0.314 e. The Bertz CT molecular complexity index is 366. The normalized spacial score (nSPS) is 19.7. The first kappa shape index (κ1) is 14.5. The number of nitrogens with zero attached hydrogens (tertiary/aromatic N) is 3. The highest BCUT2D eigenvalue weighted by Gasteiger charge is 2.22. The van der Waals surface area contributed by atoms with Crippen LogP contribution in [0.5, 0.6) is 0 Å². The molecule has 0 bridgehead atoms. The van der Waals surface area contributed by atoms with Crippen LogP contribution in [0.15, 0.2) is 12.4 Å². The van der Waals surface area contributed by atoms with Crippen molar-refractivity contribution < 1.29 is 0 Å². The number of hydrogen-bond acceptors (Lipinski definition) is 3. The molecule has 1 atom stereocenters. The third-order valence-electron chi connectivity index (χ3n) is 4.42. The number of nitrogens with one attached hydrogen (secondary N) is 1. The van der Waals surface area contributed by atoms with E-state index >= 15 is 0 Å². The van der Waals surface area contributed by atoms with Crippen LogP contribution in [0, 0.1) is 5.92 Å². The van der Waals surface area contributed by atoms with Crippen LogP contribution in [-0.4, -0.2) is 46.9 Å². The van der Waals surface area contributed by atoms with E-state index in [1.54, 1.807) is 0 Å². The first-order valence-electron chi connectivity index (χ1n) is 7.62. The van der Waals surface area contributed by atoms with Crippen molar-refractivity contribution in [1.82, 2.24) is 20.0 Å². The van der Waals surface area contributed by atoms with E-state index in [4.69, 9.17) is 0 Å². The quantitative estimate of drug-likeness (QED) is 0.848. The van der Waals surface area contributed by atoms with Crippen LogP contribution in [0.25, 0.3) is 0 Å². The molecule has 1 N–H and O–H groups in total. The molecule has 1 aliphatic rings. The monoisotopic (exact) mass is 264 g/mol. The molecule has 0 amide bonds. The lowest BCUT2D eigenvalue weighted by Gasteiger charge is -2.34. The molecule has 1 aliphatic heterocycles. The Morgan fingerprint density at radius 2 is 2.16 bits per heavy atom. The van der Waals surface area contributed by atoms with E-state index in [1.807, 2.05) is 17.9 Å². The molecule has 19 heavy (non-hydrogen) atoms. The van der Waals surface area contributed by atoms with Crippen molar-refractivity contribution in [3.8, 4) is 0 Å². The fraction of sp³-hybridized carbons (Fsp3) is 0.800. The molecule has 1 unspecified atom stereocenters. The van der Waals surface area contributed by atoms with Crippen molar-refractivity contribution in [2.75, 3.05) is 26.2 Å². The van der Waals surface area contributed by atoms with E-state index in [1.165, 1.54) is 38.0 Å². The van der Waals surface area contributed by atoms with Gasteiger partial charge in [0.15, 0.2) is 0 Å². The Hall–Kier alpha value is -0.870. The van der Waals surface area contributed by atoms with Gasteiger partial charge in [0.25, 0.3) is 0 Å². The molecule has 1 aromatic heterocycles. The smallest absolute Gasteiger partial charge is 0.0522 e. The van der Waals surface area contributed by atoms with Gasteiger partial charge in [-0.05, 0) is 63.8 Å². The number of likely N-dealkylation sites (tertiary alicyclic amines) is 1. The van der Waals surface area contributed by atoms with Gasteiger partial charge in [0.2, 0.25) is 0 Å². The zero-order valence-corrected chi connectivity index (χ0v) is 12.6. The van der Waals surface area contributed by atoms with Crippen molar-refractivity contribution in [3.05, 3.63) is 18.0 Å². The van der Waals surface area contributed by atoms with Crippen molar-refractivity contribution in [2.45, 2.75) is 39.2 Å². The molecule has 0 radical (unpaired) electrons. The van der Waals surface area contributed by atoms with Gasteiger partial charge in [0.05, 0.1) is 6.20 Å². The summed E-state index contributed by atoms with van der Waals surface area (Å²) in [6.45, 7) is 9.41. The summed E-state index contributed by atoms with van der Waals surface area (Å²) >= 11 is 0. The van der Waals surface area contributed by atoms with Gasteiger partial charge in [-0.25, -0.2) is 0 Å². The minimum Gasteiger partial charge on any atom is -0.314 e. The molecule has 2 heterocycles. The van der Waals surface area contributed by atoms with E-state index < -0.39 is 0 Å². The zero-order chi connectivity index (χ0) is 13.7. The second-order valence-electron chi connectivity index (χ2n) is 5.79. The molecule has 1 fully saturated rings. The Balaban J connectivity index is 1.65. The van der Waals surface area contributed by atoms with Crippen LogP contribution in [-0.2, 0) is 13.5 Å². The third-order valence-corrected chi connectivity index (χ3v) is 4.42. The summed E-state index contributed by atoms with van der Waals surface area (Å²) in [5.41, 5.74) is 1.32. The summed E-state index contributed by atoms with van der Waals surface area (Å²) in [5, 5.41) is 7.89. The lowest BCUT2D eigenvalue weighted by atomic mass is 9.90. The SMILES string of the molecule is CCN1CCC(C(C)NCCc2cnn(C)c2)CC1. The number of aromatic nitrogens is 2. The van der Waals surface area contributed by atoms with E-state index in [9.17, 15) is 0 Å². The molecule has 4 nitrogen and oxygen atoms in total. The van der Waals surface area contributed by atoms with Crippen LogP contribution >= 0.6 is 0 Å². The zero-order valence-electron chi connectivity index (χ0n) is 12.6. The Labute approximate surface area is 117 Å².